The Bertz CT molecular complexity index is 1350. The minimum atomic E-state index is -3.55. The SMILES string of the molecule is CS(=O)(=O)NC1CCC(c2ccccc2)C(CC(=O)O)C(=O)N(c2nc(-c3ccccc3Cl)cs2)C1. The topological polar surface area (TPSA) is 117 Å². The van der Waals surface area contributed by atoms with Crippen LogP contribution in [0.15, 0.2) is 60.0 Å². The molecule has 8 nitrogen and oxygen atoms in total. The van der Waals surface area contributed by atoms with Crippen molar-refractivity contribution in [2.24, 2.45) is 5.92 Å². The van der Waals surface area contributed by atoms with E-state index in [1.54, 1.807) is 11.4 Å². The Morgan fingerprint density at radius 2 is 1.86 bits per heavy atom. The molecule has 1 saturated heterocycles. The van der Waals surface area contributed by atoms with E-state index < -0.39 is 39.8 Å². The molecule has 1 aliphatic rings. The zero-order valence-corrected chi connectivity index (χ0v) is 21.9. The number of carbonyl (C=O) groups excluding carboxylic acids is 1. The van der Waals surface area contributed by atoms with Crippen LogP contribution < -0.4 is 9.62 Å². The number of aromatic nitrogens is 1. The first-order valence-electron chi connectivity index (χ1n) is 11.4. The lowest BCUT2D eigenvalue weighted by Crippen LogP contribution is -2.50. The van der Waals surface area contributed by atoms with Crippen molar-refractivity contribution >= 4 is 50.0 Å². The van der Waals surface area contributed by atoms with E-state index in [4.69, 9.17) is 11.6 Å². The Labute approximate surface area is 219 Å². The lowest BCUT2D eigenvalue weighted by molar-refractivity contribution is -0.141. The molecule has 4 rings (SSSR count). The second kappa shape index (κ2) is 11.1. The number of thiazole rings is 1. The van der Waals surface area contributed by atoms with Crippen LogP contribution in [0.1, 0.15) is 30.7 Å². The van der Waals surface area contributed by atoms with Gasteiger partial charge in [-0.05, 0) is 30.4 Å². The number of nitrogens with zero attached hydrogens (tertiary/aromatic N) is 2. The fraction of sp³-hybridized carbons (Fsp3) is 0.320. The molecule has 3 unspecified atom stereocenters. The molecule has 1 aromatic heterocycles. The van der Waals surface area contributed by atoms with Gasteiger partial charge in [0.05, 0.1) is 24.3 Å². The Morgan fingerprint density at radius 1 is 1.17 bits per heavy atom. The van der Waals surface area contributed by atoms with E-state index in [1.165, 1.54) is 16.2 Å². The molecule has 0 bridgehead atoms. The molecule has 190 valence electrons. The lowest BCUT2D eigenvalue weighted by Gasteiger charge is -2.36. The number of rotatable bonds is 7. The molecule has 0 spiro atoms. The van der Waals surface area contributed by atoms with Gasteiger partial charge in [0.2, 0.25) is 15.9 Å². The maximum absolute atomic E-state index is 14.0. The van der Waals surface area contributed by atoms with E-state index in [-0.39, 0.29) is 13.0 Å². The van der Waals surface area contributed by atoms with Gasteiger partial charge >= 0.3 is 5.97 Å². The van der Waals surface area contributed by atoms with Crippen molar-refractivity contribution in [2.45, 2.75) is 31.2 Å². The molecule has 0 radical (unpaired) electrons. The molecule has 1 amide bonds. The summed E-state index contributed by atoms with van der Waals surface area (Å²) in [4.78, 5) is 31.9. The van der Waals surface area contributed by atoms with Crippen molar-refractivity contribution in [1.29, 1.82) is 0 Å². The Balaban J connectivity index is 1.77. The zero-order chi connectivity index (χ0) is 25.9. The highest BCUT2D eigenvalue weighted by Crippen LogP contribution is 2.38. The van der Waals surface area contributed by atoms with Gasteiger partial charge in [0.25, 0.3) is 0 Å². The number of halogens is 1. The zero-order valence-electron chi connectivity index (χ0n) is 19.5. The van der Waals surface area contributed by atoms with E-state index in [1.807, 2.05) is 48.5 Å². The summed E-state index contributed by atoms with van der Waals surface area (Å²) in [5.41, 5.74) is 2.13. The maximum atomic E-state index is 14.0. The van der Waals surface area contributed by atoms with Crippen molar-refractivity contribution in [3.05, 3.63) is 70.6 Å². The monoisotopic (exact) mass is 547 g/mol. The summed E-state index contributed by atoms with van der Waals surface area (Å²) in [6.07, 6.45) is 1.62. The first-order valence-corrected chi connectivity index (χ1v) is 14.5. The number of aliphatic carboxylic acids is 1. The molecule has 2 N–H and O–H groups in total. The van der Waals surface area contributed by atoms with Gasteiger partial charge in [0, 0.05) is 28.6 Å². The predicted octanol–water partition coefficient (Wildman–Crippen LogP) is 4.38. The van der Waals surface area contributed by atoms with Crippen LogP contribution in [-0.4, -0.2) is 49.2 Å². The molecular formula is C25H26ClN3O5S2. The number of benzene rings is 2. The molecule has 0 aliphatic carbocycles. The van der Waals surface area contributed by atoms with Gasteiger partial charge in [-0.2, -0.15) is 0 Å². The number of sulfonamides is 1. The fourth-order valence-corrected chi connectivity index (χ4v) is 6.49. The summed E-state index contributed by atoms with van der Waals surface area (Å²) < 4.78 is 26.8. The molecular weight excluding hydrogens is 522 g/mol. The normalized spacial score (nSPS) is 21.1. The number of carbonyl (C=O) groups is 2. The van der Waals surface area contributed by atoms with Gasteiger partial charge in [-0.3, -0.25) is 14.5 Å². The third-order valence-electron chi connectivity index (χ3n) is 6.17. The van der Waals surface area contributed by atoms with Crippen molar-refractivity contribution in [1.82, 2.24) is 9.71 Å². The van der Waals surface area contributed by atoms with Gasteiger partial charge < -0.3 is 5.11 Å². The van der Waals surface area contributed by atoms with Crippen LogP contribution in [0.25, 0.3) is 11.3 Å². The number of nitrogens with one attached hydrogen (secondary N) is 1. The second-order valence-electron chi connectivity index (χ2n) is 8.83. The summed E-state index contributed by atoms with van der Waals surface area (Å²) in [6.45, 7) is 0.0407. The Hall–Kier alpha value is -2.79. The third kappa shape index (κ3) is 6.31. The van der Waals surface area contributed by atoms with Crippen LogP contribution in [0, 0.1) is 5.92 Å². The average molecular weight is 548 g/mol. The van der Waals surface area contributed by atoms with E-state index in [2.05, 4.69) is 9.71 Å². The summed E-state index contributed by atoms with van der Waals surface area (Å²) in [6, 6.07) is 15.9. The van der Waals surface area contributed by atoms with Crippen molar-refractivity contribution in [2.75, 3.05) is 17.7 Å². The van der Waals surface area contributed by atoms with Crippen LogP contribution in [-0.2, 0) is 19.6 Å². The smallest absolute Gasteiger partial charge is 0.304 e. The number of carboxylic acids is 1. The molecule has 11 heteroatoms. The van der Waals surface area contributed by atoms with Crippen LogP contribution >= 0.6 is 22.9 Å². The maximum Gasteiger partial charge on any atom is 0.304 e. The summed E-state index contributed by atoms with van der Waals surface area (Å²) >= 11 is 7.56. The van der Waals surface area contributed by atoms with Crippen LogP contribution in [0.4, 0.5) is 5.13 Å². The molecule has 0 saturated carbocycles. The van der Waals surface area contributed by atoms with Gasteiger partial charge in [-0.25, -0.2) is 18.1 Å². The number of hydrogen-bond acceptors (Lipinski definition) is 6. The first kappa shape index (κ1) is 26.3. The number of carboxylic acid groups (broad SMARTS) is 1. The van der Waals surface area contributed by atoms with E-state index in [9.17, 15) is 23.1 Å². The standard InChI is InChI=1S/C25H26ClN3O5S2/c1-36(33,34)28-17-11-12-18(16-7-3-2-4-8-16)20(13-23(30)31)24(32)29(14-17)25-27-22(15-35-25)19-9-5-6-10-21(19)26/h2-10,15,17-18,20,28H,11-14H2,1H3,(H,30,31). The van der Waals surface area contributed by atoms with Gasteiger partial charge in [-0.1, -0.05) is 60.1 Å². The van der Waals surface area contributed by atoms with Crippen molar-refractivity contribution in [3.8, 4) is 11.3 Å². The molecule has 3 aromatic rings. The molecule has 1 fully saturated rings. The highest BCUT2D eigenvalue weighted by atomic mass is 35.5. The second-order valence-corrected chi connectivity index (χ2v) is 11.9. The number of anilines is 1. The Morgan fingerprint density at radius 3 is 2.53 bits per heavy atom. The van der Waals surface area contributed by atoms with Crippen molar-refractivity contribution < 1.29 is 23.1 Å². The number of hydrogen-bond donors (Lipinski definition) is 2. The van der Waals surface area contributed by atoms with Gasteiger partial charge in [0.1, 0.15) is 0 Å². The molecule has 36 heavy (non-hydrogen) atoms. The predicted molar refractivity (Wildman–Crippen MR) is 141 cm³/mol. The molecule has 2 heterocycles. The van der Waals surface area contributed by atoms with Crippen LogP contribution in [0.2, 0.25) is 5.02 Å². The van der Waals surface area contributed by atoms with E-state index in [0.29, 0.717) is 34.3 Å². The Kier molecular flexibility index (Phi) is 8.09. The quantitative estimate of drug-likeness (QED) is 0.453. The summed E-state index contributed by atoms with van der Waals surface area (Å²) in [7, 11) is -3.55. The average Bonchev–Trinajstić information content (AvgIpc) is 3.30. The van der Waals surface area contributed by atoms with Crippen LogP contribution in [0.3, 0.4) is 0 Å². The summed E-state index contributed by atoms with van der Waals surface area (Å²) in [5.74, 6) is -2.70. The highest BCUT2D eigenvalue weighted by Gasteiger charge is 2.39. The van der Waals surface area contributed by atoms with Gasteiger partial charge in [0.15, 0.2) is 5.13 Å². The molecule has 3 atom stereocenters. The minimum Gasteiger partial charge on any atom is -0.481 e. The third-order valence-corrected chi connectivity index (χ3v) is 8.13. The molecule has 2 aromatic carbocycles. The lowest BCUT2D eigenvalue weighted by atomic mass is 9.78. The fourth-order valence-electron chi connectivity index (χ4n) is 4.62. The first-order chi connectivity index (χ1) is 17.1. The van der Waals surface area contributed by atoms with E-state index in [0.717, 1.165) is 11.8 Å². The number of amides is 1. The highest BCUT2D eigenvalue weighted by molar-refractivity contribution is 7.88. The largest absolute Gasteiger partial charge is 0.481 e. The summed E-state index contributed by atoms with van der Waals surface area (Å²) in [5, 5.41) is 12.3. The van der Waals surface area contributed by atoms with Crippen molar-refractivity contribution in [3.63, 3.8) is 0 Å². The minimum absolute atomic E-state index is 0.0407. The van der Waals surface area contributed by atoms with E-state index >= 15 is 0 Å². The van der Waals surface area contributed by atoms with Gasteiger partial charge in [-0.15, -0.1) is 11.3 Å². The van der Waals surface area contributed by atoms with Crippen LogP contribution in [0.5, 0.6) is 0 Å². The molecule has 1 aliphatic heterocycles.